The largest absolute Gasteiger partial charge is 0.494 e. The molecule has 1 aromatic carbocycles. The summed E-state index contributed by atoms with van der Waals surface area (Å²) in [5.41, 5.74) is -0.735. The van der Waals surface area contributed by atoms with Crippen molar-refractivity contribution in [1.29, 1.82) is 0 Å². The minimum atomic E-state index is -4.37. The van der Waals surface area contributed by atoms with E-state index in [-0.39, 0.29) is 6.61 Å². The van der Waals surface area contributed by atoms with Gasteiger partial charge in [0.25, 0.3) is 5.91 Å². The lowest BCUT2D eigenvalue weighted by Crippen LogP contribution is -2.33. The summed E-state index contributed by atoms with van der Waals surface area (Å²) >= 11 is 0. The number of alkyl halides is 3. The maximum atomic E-state index is 12.4. The molecule has 0 aliphatic carbocycles. The van der Waals surface area contributed by atoms with Gasteiger partial charge in [-0.25, -0.2) is 0 Å². The van der Waals surface area contributed by atoms with Gasteiger partial charge in [-0.05, 0) is 30.7 Å². The summed E-state index contributed by atoms with van der Waals surface area (Å²) in [4.78, 5) is 23.4. The van der Waals surface area contributed by atoms with Crippen LogP contribution in [-0.4, -0.2) is 36.8 Å². The molecule has 4 nitrogen and oxygen atoms in total. The SMILES string of the molecule is CC(=O)C(=O)N(C)CCCOc1ccc(C(F)(F)F)cc1. The Hall–Kier alpha value is -2.05. The van der Waals surface area contributed by atoms with Crippen molar-refractivity contribution in [2.75, 3.05) is 20.2 Å². The molecule has 1 amide bonds. The molecule has 0 saturated heterocycles. The van der Waals surface area contributed by atoms with Crippen LogP contribution in [0.4, 0.5) is 13.2 Å². The lowest BCUT2D eigenvalue weighted by atomic mass is 10.2. The van der Waals surface area contributed by atoms with E-state index in [1.54, 1.807) is 0 Å². The predicted molar refractivity (Wildman–Crippen MR) is 69.9 cm³/mol. The van der Waals surface area contributed by atoms with Crippen LogP contribution >= 0.6 is 0 Å². The molecule has 0 saturated carbocycles. The fourth-order valence-corrected chi connectivity index (χ4v) is 1.60. The van der Waals surface area contributed by atoms with Gasteiger partial charge < -0.3 is 9.64 Å². The van der Waals surface area contributed by atoms with Crippen LogP contribution in [0.25, 0.3) is 0 Å². The van der Waals surface area contributed by atoms with Crippen molar-refractivity contribution >= 4 is 11.7 Å². The Morgan fingerprint density at radius 3 is 2.24 bits per heavy atom. The number of carbonyl (C=O) groups excluding carboxylic acids is 2. The molecule has 0 fully saturated rings. The molecule has 0 bridgehead atoms. The highest BCUT2D eigenvalue weighted by Gasteiger charge is 2.29. The lowest BCUT2D eigenvalue weighted by molar-refractivity contribution is -0.142. The van der Waals surface area contributed by atoms with E-state index in [1.165, 1.54) is 31.0 Å². The molecule has 0 unspecified atom stereocenters. The Morgan fingerprint density at radius 2 is 1.76 bits per heavy atom. The van der Waals surface area contributed by atoms with Crippen molar-refractivity contribution in [3.63, 3.8) is 0 Å². The van der Waals surface area contributed by atoms with E-state index in [1.807, 2.05) is 0 Å². The van der Waals surface area contributed by atoms with Gasteiger partial charge in [0.15, 0.2) is 0 Å². The Morgan fingerprint density at radius 1 is 1.19 bits per heavy atom. The number of hydrogen-bond acceptors (Lipinski definition) is 3. The molecule has 1 rings (SSSR count). The first-order valence-electron chi connectivity index (χ1n) is 6.28. The van der Waals surface area contributed by atoms with Crippen molar-refractivity contribution in [3.05, 3.63) is 29.8 Å². The molecule has 0 N–H and O–H groups in total. The standard InChI is InChI=1S/C14H16F3NO3/c1-10(19)13(20)18(2)8-3-9-21-12-6-4-11(5-7-12)14(15,16)17/h4-7H,3,8-9H2,1-2H3. The number of rotatable bonds is 6. The number of amides is 1. The summed E-state index contributed by atoms with van der Waals surface area (Å²) in [5.74, 6) is -0.797. The molecule has 0 aromatic heterocycles. The van der Waals surface area contributed by atoms with Crippen molar-refractivity contribution in [2.45, 2.75) is 19.5 Å². The number of ether oxygens (including phenoxy) is 1. The van der Waals surface area contributed by atoms with E-state index in [2.05, 4.69) is 0 Å². The van der Waals surface area contributed by atoms with Crippen LogP contribution in [0.1, 0.15) is 18.9 Å². The number of carbonyl (C=O) groups is 2. The normalized spacial score (nSPS) is 11.1. The number of likely N-dealkylation sites (N-methyl/N-ethyl adjacent to an activating group) is 1. The molecule has 0 aliphatic heterocycles. The highest BCUT2D eigenvalue weighted by atomic mass is 19.4. The van der Waals surface area contributed by atoms with Crippen molar-refractivity contribution in [1.82, 2.24) is 4.90 Å². The summed E-state index contributed by atoms with van der Waals surface area (Å²) in [7, 11) is 1.50. The molecule has 0 heterocycles. The Balaban J connectivity index is 2.37. The molecule has 1 aromatic rings. The topological polar surface area (TPSA) is 46.6 Å². The minimum absolute atomic E-state index is 0.237. The van der Waals surface area contributed by atoms with E-state index >= 15 is 0 Å². The van der Waals surface area contributed by atoms with Gasteiger partial charge in [-0.3, -0.25) is 9.59 Å². The zero-order valence-electron chi connectivity index (χ0n) is 11.7. The quantitative estimate of drug-likeness (QED) is 0.599. The lowest BCUT2D eigenvalue weighted by Gasteiger charge is -2.15. The van der Waals surface area contributed by atoms with Crippen LogP contribution in [-0.2, 0) is 15.8 Å². The monoisotopic (exact) mass is 303 g/mol. The summed E-state index contributed by atoms with van der Waals surface area (Å²) in [6.07, 6.45) is -3.90. The Bertz CT molecular complexity index is 497. The third-order valence-electron chi connectivity index (χ3n) is 2.74. The second kappa shape index (κ2) is 7.10. The van der Waals surface area contributed by atoms with E-state index in [9.17, 15) is 22.8 Å². The number of ketones is 1. The molecule has 0 spiro atoms. The second-order valence-electron chi connectivity index (χ2n) is 4.51. The van der Waals surface area contributed by atoms with Gasteiger partial charge in [0.1, 0.15) is 5.75 Å². The third-order valence-corrected chi connectivity index (χ3v) is 2.74. The molecule has 0 atom stereocenters. The van der Waals surface area contributed by atoms with Crippen molar-refractivity contribution < 1.29 is 27.5 Å². The highest BCUT2D eigenvalue weighted by molar-refractivity contribution is 6.34. The Kier molecular flexibility index (Phi) is 5.75. The molecule has 0 radical (unpaired) electrons. The van der Waals surface area contributed by atoms with Crippen LogP contribution in [0, 0.1) is 0 Å². The molecule has 7 heteroatoms. The fourth-order valence-electron chi connectivity index (χ4n) is 1.60. The highest BCUT2D eigenvalue weighted by Crippen LogP contribution is 2.30. The summed E-state index contributed by atoms with van der Waals surface area (Å²) in [6, 6.07) is 4.38. The number of benzene rings is 1. The minimum Gasteiger partial charge on any atom is -0.494 e. The molecule has 0 aliphatic rings. The van der Waals surface area contributed by atoms with Crippen molar-refractivity contribution in [2.24, 2.45) is 0 Å². The van der Waals surface area contributed by atoms with Crippen LogP contribution < -0.4 is 4.74 Å². The van der Waals surface area contributed by atoms with Gasteiger partial charge in [-0.1, -0.05) is 0 Å². The van der Waals surface area contributed by atoms with E-state index in [0.29, 0.717) is 18.7 Å². The van der Waals surface area contributed by atoms with Gasteiger partial charge in [-0.15, -0.1) is 0 Å². The average Bonchev–Trinajstić information content (AvgIpc) is 2.42. The first kappa shape index (κ1) is 17.0. The van der Waals surface area contributed by atoms with Crippen LogP contribution in [0.15, 0.2) is 24.3 Å². The van der Waals surface area contributed by atoms with Gasteiger partial charge >= 0.3 is 6.18 Å². The van der Waals surface area contributed by atoms with Crippen LogP contribution in [0.5, 0.6) is 5.75 Å². The van der Waals surface area contributed by atoms with E-state index < -0.39 is 23.4 Å². The zero-order valence-corrected chi connectivity index (χ0v) is 11.7. The third kappa shape index (κ3) is 5.45. The van der Waals surface area contributed by atoms with Gasteiger partial charge in [0, 0.05) is 20.5 Å². The zero-order chi connectivity index (χ0) is 16.0. The smallest absolute Gasteiger partial charge is 0.416 e. The molecule has 116 valence electrons. The van der Waals surface area contributed by atoms with Gasteiger partial charge in [-0.2, -0.15) is 13.2 Å². The summed E-state index contributed by atoms with van der Waals surface area (Å²) in [5, 5.41) is 0. The van der Waals surface area contributed by atoms with Gasteiger partial charge in [0.2, 0.25) is 5.78 Å². The number of halogens is 3. The van der Waals surface area contributed by atoms with Crippen molar-refractivity contribution in [3.8, 4) is 5.75 Å². The number of nitrogens with zero attached hydrogens (tertiary/aromatic N) is 1. The number of hydrogen-bond donors (Lipinski definition) is 0. The molecular formula is C14H16F3NO3. The predicted octanol–water partition coefficient (Wildman–Crippen LogP) is 2.52. The number of Topliss-reactive ketones (excluding diaryl/α,β-unsaturated/α-hetero) is 1. The van der Waals surface area contributed by atoms with E-state index in [4.69, 9.17) is 4.74 Å². The first-order chi connectivity index (χ1) is 9.71. The average molecular weight is 303 g/mol. The first-order valence-corrected chi connectivity index (χ1v) is 6.28. The molecular weight excluding hydrogens is 287 g/mol. The van der Waals surface area contributed by atoms with E-state index in [0.717, 1.165) is 12.1 Å². The van der Waals surface area contributed by atoms with Gasteiger partial charge in [0.05, 0.1) is 12.2 Å². The maximum Gasteiger partial charge on any atom is 0.416 e. The maximum absolute atomic E-state index is 12.4. The summed E-state index contributed by atoms with van der Waals surface area (Å²) in [6.45, 7) is 1.76. The molecule has 21 heavy (non-hydrogen) atoms. The fraction of sp³-hybridized carbons (Fsp3) is 0.429. The Labute approximate surface area is 120 Å². The van der Waals surface area contributed by atoms with Crippen LogP contribution in [0.3, 0.4) is 0 Å². The van der Waals surface area contributed by atoms with Crippen LogP contribution in [0.2, 0.25) is 0 Å². The summed E-state index contributed by atoms with van der Waals surface area (Å²) < 4.78 is 42.3. The second-order valence-corrected chi connectivity index (χ2v) is 4.51.